The summed E-state index contributed by atoms with van der Waals surface area (Å²) in [6.07, 6.45) is -2.19. The number of methoxy groups -OCH3 is 1. The molecular formula is C27H34F3N3O5Si. The van der Waals surface area contributed by atoms with Crippen LogP contribution < -0.4 is 9.47 Å². The first-order valence-electron chi connectivity index (χ1n) is 12.3. The van der Waals surface area contributed by atoms with E-state index in [2.05, 4.69) is 29.6 Å². The molecule has 0 aliphatic rings. The molecule has 0 aliphatic carbocycles. The van der Waals surface area contributed by atoms with Gasteiger partial charge in [-0.05, 0) is 44.2 Å². The molecule has 212 valence electrons. The predicted octanol–water partition coefficient (Wildman–Crippen LogP) is 6.44. The van der Waals surface area contributed by atoms with E-state index >= 15 is 0 Å². The summed E-state index contributed by atoms with van der Waals surface area (Å²) in [5, 5.41) is 9.28. The molecule has 2 aromatic heterocycles. The monoisotopic (exact) mass is 565 g/mol. The summed E-state index contributed by atoms with van der Waals surface area (Å²) in [6.45, 7) is 10.1. The zero-order valence-electron chi connectivity index (χ0n) is 22.9. The molecule has 12 heteroatoms. The second-order valence-electron chi connectivity index (χ2n) is 11.0. The second kappa shape index (κ2) is 11.8. The van der Waals surface area contributed by atoms with Gasteiger partial charge < -0.3 is 23.9 Å². The molecule has 0 fully saturated rings. The van der Waals surface area contributed by atoms with Crippen molar-refractivity contribution in [2.75, 3.05) is 20.3 Å². The molecule has 0 aliphatic heterocycles. The number of hydrogen-bond donors (Lipinski definition) is 1. The smallest absolute Gasteiger partial charge is 0.434 e. The van der Waals surface area contributed by atoms with E-state index < -0.39 is 31.3 Å². The first-order valence-corrected chi connectivity index (χ1v) is 16.0. The molecule has 1 N–H and O–H groups in total. The van der Waals surface area contributed by atoms with Crippen LogP contribution in [-0.2, 0) is 22.4 Å². The van der Waals surface area contributed by atoms with Crippen molar-refractivity contribution in [1.82, 2.24) is 14.5 Å². The molecule has 1 aromatic carbocycles. The number of carbonyl (C=O) groups is 1. The minimum atomic E-state index is -4.59. The van der Waals surface area contributed by atoms with E-state index in [0.717, 1.165) is 12.2 Å². The van der Waals surface area contributed by atoms with Crippen LogP contribution >= 0.6 is 0 Å². The summed E-state index contributed by atoms with van der Waals surface area (Å²) in [6, 6.07) is 9.22. The second-order valence-corrected chi connectivity index (χ2v) is 16.7. The first kappa shape index (κ1) is 30.2. The maximum atomic E-state index is 13.4. The Balaban J connectivity index is 1.83. The number of hydrogen-bond acceptors (Lipinski definition) is 6. The largest absolute Gasteiger partial charge is 0.496 e. The van der Waals surface area contributed by atoms with Gasteiger partial charge in [-0.1, -0.05) is 19.6 Å². The standard InChI is InChI=1S/C27H34F3N3O5Si/c1-26(2,25(34)35)16-38-19-8-9-20(22(13-19)36-3)21-10-7-18(14-31-21)24-32-23(27(28,29)30)15-33(24)17-37-11-12-39(4,5)6/h7-10,13-15H,11-12,16-17H2,1-6H3,(H,34,35). The van der Waals surface area contributed by atoms with Crippen molar-refractivity contribution >= 4 is 14.0 Å². The summed E-state index contributed by atoms with van der Waals surface area (Å²) in [7, 11) is 0.135. The van der Waals surface area contributed by atoms with Crippen molar-refractivity contribution < 1.29 is 37.3 Å². The molecule has 2 heterocycles. The number of carboxylic acids is 1. The van der Waals surface area contributed by atoms with Gasteiger partial charge in [-0.25, -0.2) is 4.98 Å². The molecule has 3 aromatic rings. The molecule has 0 bridgehead atoms. The summed E-state index contributed by atoms with van der Waals surface area (Å²) >= 11 is 0. The zero-order valence-corrected chi connectivity index (χ0v) is 23.9. The SMILES string of the molecule is COc1cc(OCC(C)(C)C(=O)O)ccc1-c1ccc(-c2nc(C(F)(F)F)cn2COCC[Si](C)(C)C)cn1. The highest BCUT2D eigenvalue weighted by Crippen LogP contribution is 2.35. The number of ether oxygens (including phenoxy) is 3. The lowest BCUT2D eigenvalue weighted by atomic mass is 9.95. The Morgan fingerprint density at radius 1 is 1.13 bits per heavy atom. The van der Waals surface area contributed by atoms with E-state index in [-0.39, 0.29) is 19.2 Å². The van der Waals surface area contributed by atoms with Crippen molar-refractivity contribution in [3.63, 3.8) is 0 Å². The van der Waals surface area contributed by atoms with E-state index in [1.807, 2.05) is 0 Å². The number of halogens is 3. The van der Waals surface area contributed by atoms with Crippen LogP contribution in [0.4, 0.5) is 13.2 Å². The van der Waals surface area contributed by atoms with Crippen LogP contribution in [0.25, 0.3) is 22.6 Å². The number of imidazole rings is 1. The van der Waals surface area contributed by atoms with Gasteiger partial charge in [0.25, 0.3) is 0 Å². The molecule has 0 radical (unpaired) electrons. The van der Waals surface area contributed by atoms with Gasteiger partial charge in [-0.3, -0.25) is 9.78 Å². The molecule has 0 amide bonds. The fraction of sp³-hybridized carbons (Fsp3) is 0.444. The minimum Gasteiger partial charge on any atom is -0.496 e. The number of benzene rings is 1. The van der Waals surface area contributed by atoms with Crippen LogP contribution in [0.2, 0.25) is 25.7 Å². The van der Waals surface area contributed by atoms with Gasteiger partial charge in [0.2, 0.25) is 0 Å². The third kappa shape index (κ3) is 8.05. The Morgan fingerprint density at radius 2 is 1.85 bits per heavy atom. The summed E-state index contributed by atoms with van der Waals surface area (Å²) in [4.78, 5) is 19.6. The number of aromatic nitrogens is 3. The highest BCUT2D eigenvalue weighted by atomic mass is 28.3. The quantitative estimate of drug-likeness (QED) is 0.199. The number of aliphatic carboxylic acids is 1. The Morgan fingerprint density at radius 3 is 2.41 bits per heavy atom. The Hall–Kier alpha value is -3.38. The number of alkyl halides is 3. The van der Waals surface area contributed by atoms with E-state index in [9.17, 15) is 23.1 Å². The number of nitrogens with zero attached hydrogens (tertiary/aromatic N) is 3. The topological polar surface area (TPSA) is 95.7 Å². The third-order valence-corrected chi connectivity index (χ3v) is 7.65. The van der Waals surface area contributed by atoms with Gasteiger partial charge in [-0.15, -0.1) is 0 Å². The molecule has 0 spiro atoms. The van der Waals surface area contributed by atoms with Gasteiger partial charge in [0.15, 0.2) is 5.69 Å². The van der Waals surface area contributed by atoms with Crippen LogP contribution in [0.3, 0.4) is 0 Å². The Kier molecular flexibility index (Phi) is 9.11. The van der Waals surface area contributed by atoms with Crippen molar-refractivity contribution in [3.8, 4) is 34.1 Å². The van der Waals surface area contributed by atoms with Crippen molar-refractivity contribution in [2.45, 2.75) is 52.4 Å². The van der Waals surface area contributed by atoms with Crippen LogP contribution in [0.1, 0.15) is 19.5 Å². The predicted molar refractivity (Wildman–Crippen MR) is 143 cm³/mol. The van der Waals surface area contributed by atoms with Crippen LogP contribution in [0.15, 0.2) is 42.7 Å². The van der Waals surface area contributed by atoms with Gasteiger partial charge in [0.1, 0.15) is 30.7 Å². The molecule has 3 rings (SSSR count). The van der Waals surface area contributed by atoms with Crippen molar-refractivity contribution in [3.05, 3.63) is 48.4 Å². The average molecular weight is 566 g/mol. The number of rotatable bonds is 12. The normalized spacial score (nSPS) is 12.4. The van der Waals surface area contributed by atoms with E-state index in [0.29, 0.717) is 34.9 Å². The molecule has 0 saturated carbocycles. The summed E-state index contributed by atoms with van der Waals surface area (Å²) in [5.74, 6) is -0.00227. The van der Waals surface area contributed by atoms with Crippen molar-refractivity contribution in [1.29, 1.82) is 0 Å². The first-order chi connectivity index (χ1) is 18.1. The highest BCUT2D eigenvalue weighted by molar-refractivity contribution is 6.76. The fourth-order valence-electron chi connectivity index (χ4n) is 3.41. The van der Waals surface area contributed by atoms with E-state index in [4.69, 9.17) is 14.2 Å². The average Bonchev–Trinajstić information content (AvgIpc) is 3.29. The Labute approximate surface area is 226 Å². The van der Waals surface area contributed by atoms with Gasteiger partial charge in [0, 0.05) is 44.3 Å². The van der Waals surface area contributed by atoms with Crippen LogP contribution in [0.5, 0.6) is 11.5 Å². The van der Waals surface area contributed by atoms with E-state index in [1.54, 1.807) is 44.2 Å². The van der Waals surface area contributed by atoms with Crippen molar-refractivity contribution in [2.24, 2.45) is 5.41 Å². The van der Waals surface area contributed by atoms with Gasteiger partial charge in [-0.2, -0.15) is 13.2 Å². The zero-order chi connectivity index (χ0) is 29.0. The van der Waals surface area contributed by atoms with E-state index in [1.165, 1.54) is 17.9 Å². The molecule has 39 heavy (non-hydrogen) atoms. The lowest BCUT2D eigenvalue weighted by Gasteiger charge is -2.20. The molecule has 0 saturated heterocycles. The van der Waals surface area contributed by atoms with Crippen LogP contribution in [-0.4, -0.2) is 54.0 Å². The third-order valence-electron chi connectivity index (χ3n) is 5.94. The Bertz CT molecular complexity index is 1290. The lowest BCUT2D eigenvalue weighted by Crippen LogP contribution is -2.30. The summed E-state index contributed by atoms with van der Waals surface area (Å²) in [5.41, 5.74) is -0.520. The van der Waals surface area contributed by atoms with Gasteiger partial charge >= 0.3 is 12.1 Å². The number of pyridine rings is 1. The minimum absolute atomic E-state index is 0.0355. The maximum absolute atomic E-state index is 13.4. The number of carboxylic acid groups (broad SMARTS) is 1. The maximum Gasteiger partial charge on any atom is 0.434 e. The summed E-state index contributed by atoms with van der Waals surface area (Å²) < 4.78 is 58.4. The molecule has 0 unspecified atom stereocenters. The lowest BCUT2D eigenvalue weighted by molar-refractivity contribution is -0.148. The van der Waals surface area contributed by atoms with Gasteiger partial charge in [0.05, 0.1) is 18.2 Å². The fourth-order valence-corrected chi connectivity index (χ4v) is 4.16. The molecular weight excluding hydrogens is 531 g/mol. The highest BCUT2D eigenvalue weighted by Gasteiger charge is 2.35. The van der Waals surface area contributed by atoms with Crippen LogP contribution in [0, 0.1) is 5.41 Å². The molecule has 8 nitrogen and oxygen atoms in total. The molecule has 0 atom stereocenters.